The molecule has 3 rings (SSSR count). The summed E-state index contributed by atoms with van der Waals surface area (Å²) in [5.74, 6) is -0.478. The molecule has 0 aliphatic carbocycles. The molecule has 26 heavy (non-hydrogen) atoms. The summed E-state index contributed by atoms with van der Waals surface area (Å²) in [5.41, 5.74) is 3.60. The molecule has 1 amide bonds. The predicted octanol–water partition coefficient (Wildman–Crippen LogP) is 4.44. The number of rotatable bonds is 6. The Morgan fingerprint density at radius 2 is 1.81 bits per heavy atom. The molecule has 0 radical (unpaired) electrons. The number of carbonyl (C=O) groups is 1. The standard InChI is InChI=1S/C21H20FN3O/c1-15-6-8-17(9-7-15)25-21(26)20-14-18(11-13-24-20)23-12-10-16-4-2-3-5-19(16)22/h2-9,11,13-14H,10,12H2,1H3,(H,23,24)(H,25,26). The van der Waals surface area contributed by atoms with Crippen molar-refractivity contribution in [2.24, 2.45) is 0 Å². The van der Waals surface area contributed by atoms with Gasteiger partial charge in [0.25, 0.3) is 5.91 Å². The Morgan fingerprint density at radius 1 is 1.04 bits per heavy atom. The summed E-state index contributed by atoms with van der Waals surface area (Å²) in [5, 5.41) is 6.02. The Morgan fingerprint density at radius 3 is 2.58 bits per heavy atom. The molecule has 0 saturated carbocycles. The Bertz CT molecular complexity index is 894. The molecule has 132 valence electrons. The van der Waals surface area contributed by atoms with E-state index in [4.69, 9.17) is 0 Å². The average Bonchev–Trinajstić information content (AvgIpc) is 2.65. The molecule has 2 N–H and O–H groups in total. The molecule has 1 aromatic heterocycles. The number of benzene rings is 2. The number of nitrogens with zero attached hydrogens (tertiary/aromatic N) is 1. The smallest absolute Gasteiger partial charge is 0.274 e. The minimum atomic E-state index is -0.272. The molecule has 3 aromatic rings. The number of aryl methyl sites for hydroxylation is 1. The molecule has 2 aromatic carbocycles. The Labute approximate surface area is 152 Å². The SMILES string of the molecule is Cc1ccc(NC(=O)c2cc(NCCc3ccccc3F)ccn2)cc1. The number of hydrogen-bond donors (Lipinski definition) is 2. The first kappa shape index (κ1) is 17.6. The minimum Gasteiger partial charge on any atom is -0.385 e. The van der Waals surface area contributed by atoms with Crippen LogP contribution in [0, 0.1) is 12.7 Å². The molecule has 0 saturated heterocycles. The highest BCUT2D eigenvalue weighted by atomic mass is 19.1. The zero-order chi connectivity index (χ0) is 18.4. The summed E-state index contributed by atoms with van der Waals surface area (Å²) in [4.78, 5) is 16.5. The van der Waals surface area contributed by atoms with E-state index >= 15 is 0 Å². The van der Waals surface area contributed by atoms with Crippen LogP contribution >= 0.6 is 0 Å². The van der Waals surface area contributed by atoms with Crippen molar-refractivity contribution in [3.63, 3.8) is 0 Å². The number of halogens is 1. The van der Waals surface area contributed by atoms with Gasteiger partial charge < -0.3 is 10.6 Å². The zero-order valence-electron chi connectivity index (χ0n) is 14.5. The summed E-state index contributed by atoms with van der Waals surface area (Å²) in [6.07, 6.45) is 2.13. The van der Waals surface area contributed by atoms with Crippen molar-refractivity contribution in [1.82, 2.24) is 4.98 Å². The number of pyridine rings is 1. The van der Waals surface area contributed by atoms with Crippen LogP contribution in [0.25, 0.3) is 0 Å². The maximum atomic E-state index is 13.6. The lowest BCUT2D eigenvalue weighted by atomic mass is 10.1. The number of anilines is 2. The topological polar surface area (TPSA) is 54.0 Å². The van der Waals surface area contributed by atoms with E-state index in [0.717, 1.165) is 16.9 Å². The largest absolute Gasteiger partial charge is 0.385 e. The fourth-order valence-electron chi connectivity index (χ4n) is 2.54. The first-order valence-corrected chi connectivity index (χ1v) is 8.43. The van der Waals surface area contributed by atoms with Crippen LogP contribution in [-0.2, 0) is 6.42 Å². The molecule has 0 atom stereocenters. The van der Waals surface area contributed by atoms with Gasteiger partial charge in [-0.05, 0) is 49.2 Å². The lowest BCUT2D eigenvalue weighted by Crippen LogP contribution is -2.14. The normalized spacial score (nSPS) is 10.4. The predicted molar refractivity (Wildman–Crippen MR) is 102 cm³/mol. The third kappa shape index (κ3) is 4.66. The van der Waals surface area contributed by atoms with Crippen LogP contribution < -0.4 is 10.6 Å². The molecular weight excluding hydrogens is 329 g/mol. The van der Waals surface area contributed by atoms with E-state index in [0.29, 0.717) is 24.2 Å². The third-order valence-electron chi connectivity index (χ3n) is 3.98. The van der Waals surface area contributed by atoms with E-state index in [1.165, 1.54) is 6.07 Å². The molecule has 0 spiro atoms. The fourth-order valence-corrected chi connectivity index (χ4v) is 2.54. The summed E-state index contributed by atoms with van der Waals surface area (Å²) in [6, 6.07) is 17.8. The number of amides is 1. The summed E-state index contributed by atoms with van der Waals surface area (Å²) >= 11 is 0. The van der Waals surface area contributed by atoms with Gasteiger partial charge in [0.05, 0.1) is 0 Å². The highest BCUT2D eigenvalue weighted by Crippen LogP contribution is 2.13. The number of hydrogen-bond acceptors (Lipinski definition) is 3. The van der Waals surface area contributed by atoms with E-state index < -0.39 is 0 Å². The van der Waals surface area contributed by atoms with Crippen LogP contribution in [0.1, 0.15) is 21.6 Å². The van der Waals surface area contributed by atoms with Gasteiger partial charge in [-0.2, -0.15) is 0 Å². The van der Waals surface area contributed by atoms with Crippen LogP contribution in [0.3, 0.4) is 0 Å². The molecule has 0 unspecified atom stereocenters. The fraction of sp³-hybridized carbons (Fsp3) is 0.143. The summed E-state index contributed by atoms with van der Waals surface area (Å²) in [6.45, 7) is 2.55. The van der Waals surface area contributed by atoms with Crippen LogP contribution in [0.4, 0.5) is 15.8 Å². The quantitative estimate of drug-likeness (QED) is 0.692. The van der Waals surface area contributed by atoms with E-state index in [-0.39, 0.29) is 11.7 Å². The first-order valence-electron chi connectivity index (χ1n) is 8.43. The number of aromatic nitrogens is 1. The van der Waals surface area contributed by atoms with Gasteiger partial charge in [0.2, 0.25) is 0 Å². The maximum absolute atomic E-state index is 13.6. The minimum absolute atomic E-state index is 0.206. The zero-order valence-corrected chi connectivity index (χ0v) is 14.5. The Balaban J connectivity index is 1.59. The second-order valence-corrected chi connectivity index (χ2v) is 6.02. The molecule has 0 aliphatic rings. The number of carbonyl (C=O) groups excluding carboxylic acids is 1. The second kappa shape index (κ2) is 8.25. The van der Waals surface area contributed by atoms with Crippen molar-refractivity contribution in [2.45, 2.75) is 13.3 Å². The van der Waals surface area contributed by atoms with Crippen LogP contribution in [-0.4, -0.2) is 17.4 Å². The van der Waals surface area contributed by atoms with Gasteiger partial charge in [0.1, 0.15) is 11.5 Å². The van der Waals surface area contributed by atoms with Gasteiger partial charge in [0, 0.05) is 24.1 Å². The van der Waals surface area contributed by atoms with Crippen molar-refractivity contribution in [3.05, 3.63) is 89.5 Å². The highest BCUT2D eigenvalue weighted by Gasteiger charge is 2.08. The van der Waals surface area contributed by atoms with Crippen LogP contribution in [0.5, 0.6) is 0 Å². The van der Waals surface area contributed by atoms with Crippen molar-refractivity contribution >= 4 is 17.3 Å². The van der Waals surface area contributed by atoms with Crippen LogP contribution in [0.15, 0.2) is 66.9 Å². The van der Waals surface area contributed by atoms with Crippen molar-refractivity contribution in [1.29, 1.82) is 0 Å². The monoisotopic (exact) mass is 349 g/mol. The van der Waals surface area contributed by atoms with Crippen molar-refractivity contribution in [2.75, 3.05) is 17.2 Å². The molecule has 0 fully saturated rings. The third-order valence-corrected chi connectivity index (χ3v) is 3.98. The molecule has 0 aliphatic heterocycles. The van der Waals surface area contributed by atoms with Gasteiger partial charge in [0.15, 0.2) is 0 Å². The summed E-state index contributed by atoms with van der Waals surface area (Å²) < 4.78 is 13.6. The van der Waals surface area contributed by atoms with Crippen LogP contribution in [0.2, 0.25) is 0 Å². The van der Waals surface area contributed by atoms with Gasteiger partial charge in [-0.3, -0.25) is 9.78 Å². The molecule has 5 heteroatoms. The lowest BCUT2D eigenvalue weighted by molar-refractivity contribution is 0.102. The summed E-state index contributed by atoms with van der Waals surface area (Å²) in [7, 11) is 0. The average molecular weight is 349 g/mol. The first-order chi connectivity index (χ1) is 12.6. The molecule has 4 nitrogen and oxygen atoms in total. The lowest BCUT2D eigenvalue weighted by Gasteiger charge is -2.09. The second-order valence-electron chi connectivity index (χ2n) is 6.02. The highest BCUT2D eigenvalue weighted by molar-refractivity contribution is 6.03. The maximum Gasteiger partial charge on any atom is 0.274 e. The number of nitrogens with one attached hydrogen (secondary N) is 2. The molecule has 1 heterocycles. The molecular formula is C21H20FN3O. The van der Waals surface area contributed by atoms with E-state index in [1.807, 2.05) is 37.3 Å². The van der Waals surface area contributed by atoms with Gasteiger partial charge in [-0.1, -0.05) is 35.9 Å². The Kier molecular flexibility index (Phi) is 5.59. The van der Waals surface area contributed by atoms with Gasteiger partial charge in [-0.25, -0.2) is 4.39 Å². The van der Waals surface area contributed by atoms with E-state index in [1.54, 1.807) is 30.5 Å². The van der Waals surface area contributed by atoms with Crippen molar-refractivity contribution in [3.8, 4) is 0 Å². The van der Waals surface area contributed by atoms with Gasteiger partial charge in [-0.15, -0.1) is 0 Å². The van der Waals surface area contributed by atoms with E-state index in [9.17, 15) is 9.18 Å². The molecule has 0 bridgehead atoms. The van der Waals surface area contributed by atoms with Crippen molar-refractivity contribution < 1.29 is 9.18 Å². The van der Waals surface area contributed by atoms with E-state index in [2.05, 4.69) is 15.6 Å². The Hall–Kier alpha value is -3.21. The van der Waals surface area contributed by atoms with Gasteiger partial charge >= 0.3 is 0 Å².